The molecule has 9 nitrogen and oxygen atoms in total. The quantitative estimate of drug-likeness (QED) is 0.478. The van der Waals surface area contributed by atoms with Crippen LogP contribution < -0.4 is 5.32 Å². The third kappa shape index (κ3) is 3.39. The van der Waals surface area contributed by atoms with Crippen molar-refractivity contribution < 1.29 is 13.7 Å². The summed E-state index contributed by atoms with van der Waals surface area (Å²) in [5.41, 5.74) is 2.81. The second-order valence-corrected chi connectivity index (χ2v) is 6.74. The van der Waals surface area contributed by atoms with Crippen LogP contribution in [0, 0.1) is 12.7 Å². The molecule has 152 valence electrons. The summed E-state index contributed by atoms with van der Waals surface area (Å²) < 4.78 is 21.1. The van der Waals surface area contributed by atoms with Crippen molar-refractivity contribution in [1.29, 1.82) is 0 Å². The van der Waals surface area contributed by atoms with Crippen LogP contribution >= 0.6 is 0 Å². The van der Waals surface area contributed by atoms with E-state index < -0.39 is 11.7 Å². The summed E-state index contributed by atoms with van der Waals surface area (Å²) in [6, 6.07) is 14.7. The fourth-order valence-corrected chi connectivity index (χ4v) is 3.26. The molecule has 0 fully saturated rings. The zero-order chi connectivity index (χ0) is 21.4. The van der Waals surface area contributed by atoms with E-state index in [9.17, 15) is 9.18 Å². The van der Waals surface area contributed by atoms with E-state index in [1.54, 1.807) is 49.4 Å². The average molecular weight is 415 g/mol. The van der Waals surface area contributed by atoms with Crippen LogP contribution in [-0.2, 0) is 0 Å². The molecule has 5 aromatic rings. The van der Waals surface area contributed by atoms with Crippen molar-refractivity contribution in [1.82, 2.24) is 30.3 Å². The van der Waals surface area contributed by atoms with Gasteiger partial charge < -0.3 is 9.84 Å². The Balaban J connectivity index is 1.52. The standard InChI is InChI=1S/C21H14FN7O2/c1-12-19-16(10-18(25-21(19)31-26-12)15-4-2-3-5-17(15)22)20(30)24-13-6-8-14(9-7-13)29-11-23-27-28-29/h2-11H,1H3,(H,24,30). The molecule has 2 aromatic carbocycles. The Kier molecular flexibility index (Phi) is 4.43. The number of hydrogen-bond acceptors (Lipinski definition) is 7. The molecule has 0 bridgehead atoms. The summed E-state index contributed by atoms with van der Waals surface area (Å²) in [7, 11) is 0. The molecule has 1 amide bonds. The highest BCUT2D eigenvalue weighted by Crippen LogP contribution is 2.29. The number of rotatable bonds is 4. The minimum atomic E-state index is -0.449. The van der Waals surface area contributed by atoms with Crippen LogP contribution in [0.5, 0.6) is 0 Å². The first-order chi connectivity index (χ1) is 15.1. The summed E-state index contributed by atoms with van der Waals surface area (Å²) in [6.07, 6.45) is 1.47. The van der Waals surface area contributed by atoms with E-state index in [0.717, 1.165) is 5.69 Å². The summed E-state index contributed by atoms with van der Waals surface area (Å²) in [4.78, 5) is 17.5. The molecule has 0 saturated heterocycles. The number of amides is 1. The topological polar surface area (TPSA) is 112 Å². The molecule has 3 aromatic heterocycles. The Labute approximate surface area is 174 Å². The van der Waals surface area contributed by atoms with Gasteiger partial charge in [-0.15, -0.1) is 5.10 Å². The van der Waals surface area contributed by atoms with Crippen molar-refractivity contribution >= 4 is 22.7 Å². The van der Waals surface area contributed by atoms with E-state index >= 15 is 0 Å². The molecular weight excluding hydrogens is 401 g/mol. The maximum atomic E-state index is 14.3. The molecule has 0 unspecified atom stereocenters. The lowest BCUT2D eigenvalue weighted by molar-refractivity contribution is 0.102. The van der Waals surface area contributed by atoms with Crippen LogP contribution in [0.25, 0.3) is 28.0 Å². The van der Waals surface area contributed by atoms with Gasteiger partial charge in [-0.2, -0.15) is 0 Å². The largest absolute Gasteiger partial charge is 0.335 e. The molecular formula is C21H14FN7O2. The van der Waals surface area contributed by atoms with Crippen LogP contribution in [0.2, 0.25) is 0 Å². The van der Waals surface area contributed by atoms with E-state index in [2.05, 4.69) is 31.0 Å². The van der Waals surface area contributed by atoms with Crippen LogP contribution in [0.15, 0.2) is 65.4 Å². The zero-order valence-electron chi connectivity index (χ0n) is 16.2. The number of hydrogen-bond donors (Lipinski definition) is 1. The highest BCUT2D eigenvalue weighted by atomic mass is 19.1. The van der Waals surface area contributed by atoms with Crippen LogP contribution in [0.1, 0.15) is 16.1 Å². The molecule has 0 radical (unpaired) electrons. The number of benzene rings is 2. The van der Waals surface area contributed by atoms with Gasteiger partial charge >= 0.3 is 0 Å². The fourth-order valence-electron chi connectivity index (χ4n) is 3.26. The van der Waals surface area contributed by atoms with Crippen molar-refractivity contribution in [3.8, 4) is 16.9 Å². The average Bonchev–Trinajstić information content (AvgIpc) is 3.44. The van der Waals surface area contributed by atoms with Gasteiger partial charge in [-0.3, -0.25) is 4.79 Å². The monoisotopic (exact) mass is 415 g/mol. The molecule has 5 rings (SSSR count). The second-order valence-electron chi connectivity index (χ2n) is 6.74. The van der Waals surface area contributed by atoms with E-state index in [0.29, 0.717) is 16.8 Å². The lowest BCUT2D eigenvalue weighted by Gasteiger charge is -2.09. The maximum absolute atomic E-state index is 14.3. The fraction of sp³-hybridized carbons (Fsp3) is 0.0476. The number of nitrogens with one attached hydrogen (secondary N) is 1. The normalized spacial score (nSPS) is 11.0. The van der Waals surface area contributed by atoms with Gasteiger partial charge in [0.1, 0.15) is 12.1 Å². The van der Waals surface area contributed by atoms with Crippen molar-refractivity contribution in [3.05, 3.63) is 78.0 Å². The molecule has 31 heavy (non-hydrogen) atoms. The highest BCUT2D eigenvalue weighted by molar-refractivity contribution is 6.13. The number of aryl methyl sites for hydroxylation is 1. The lowest BCUT2D eigenvalue weighted by atomic mass is 10.0. The molecule has 0 aliphatic rings. The molecule has 3 heterocycles. The summed E-state index contributed by atoms with van der Waals surface area (Å²) in [6.45, 7) is 1.72. The Bertz CT molecular complexity index is 1400. The number of fused-ring (bicyclic) bond motifs is 1. The van der Waals surface area contributed by atoms with Gasteiger partial charge in [0.15, 0.2) is 0 Å². The number of pyridine rings is 1. The highest BCUT2D eigenvalue weighted by Gasteiger charge is 2.20. The van der Waals surface area contributed by atoms with Crippen LogP contribution in [-0.4, -0.2) is 36.3 Å². The second kappa shape index (κ2) is 7.41. The molecule has 0 saturated carbocycles. The third-order valence-corrected chi connectivity index (χ3v) is 4.75. The van der Waals surface area contributed by atoms with E-state index in [4.69, 9.17) is 4.52 Å². The minimum Gasteiger partial charge on any atom is -0.335 e. The van der Waals surface area contributed by atoms with Gasteiger partial charge in [0.05, 0.1) is 28.0 Å². The molecule has 0 spiro atoms. The number of nitrogens with zero attached hydrogens (tertiary/aromatic N) is 6. The van der Waals surface area contributed by atoms with Gasteiger partial charge in [0.25, 0.3) is 11.6 Å². The Morgan fingerprint density at radius 1 is 1.13 bits per heavy atom. The van der Waals surface area contributed by atoms with E-state index in [1.165, 1.54) is 23.1 Å². The predicted octanol–water partition coefficient (Wildman–Crippen LogP) is 3.57. The van der Waals surface area contributed by atoms with Gasteiger partial charge in [-0.25, -0.2) is 14.1 Å². The smallest absolute Gasteiger partial charge is 0.259 e. The van der Waals surface area contributed by atoms with Gasteiger partial charge in [-0.05, 0) is 59.8 Å². The molecule has 0 atom stereocenters. The molecule has 10 heteroatoms. The molecule has 1 N–H and O–H groups in total. The van der Waals surface area contributed by atoms with Crippen LogP contribution in [0.3, 0.4) is 0 Å². The van der Waals surface area contributed by atoms with Crippen molar-refractivity contribution in [2.45, 2.75) is 6.92 Å². The SMILES string of the molecule is Cc1noc2nc(-c3ccccc3F)cc(C(=O)Nc3ccc(-n4cnnn4)cc3)c12. The summed E-state index contributed by atoms with van der Waals surface area (Å²) >= 11 is 0. The van der Waals surface area contributed by atoms with Crippen molar-refractivity contribution in [2.24, 2.45) is 0 Å². The maximum Gasteiger partial charge on any atom is 0.259 e. The summed E-state index contributed by atoms with van der Waals surface area (Å²) in [5.74, 6) is -0.846. The first-order valence-corrected chi connectivity index (χ1v) is 9.27. The first-order valence-electron chi connectivity index (χ1n) is 9.27. The van der Waals surface area contributed by atoms with E-state index in [-0.39, 0.29) is 22.5 Å². The number of anilines is 1. The van der Waals surface area contributed by atoms with Gasteiger partial charge in [-0.1, -0.05) is 17.3 Å². The molecule has 0 aliphatic heterocycles. The first kappa shape index (κ1) is 18.6. The van der Waals surface area contributed by atoms with Crippen molar-refractivity contribution in [3.63, 3.8) is 0 Å². The Hall–Kier alpha value is -4.47. The number of carbonyl (C=O) groups is 1. The van der Waals surface area contributed by atoms with Crippen molar-refractivity contribution in [2.75, 3.05) is 5.32 Å². The number of halogens is 1. The number of tetrazole rings is 1. The Morgan fingerprint density at radius 3 is 2.68 bits per heavy atom. The molecule has 0 aliphatic carbocycles. The third-order valence-electron chi connectivity index (χ3n) is 4.75. The number of carbonyl (C=O) groups excluding carboxylic acids is 1. The zero-order valence-corrected chi connectivity index (χ0v) is 16.2. The minimum absolute atomic E-state index is 0.164. The van der Waals surface area contributed by atoms with Gasteiger partial charge in [0, 0.05) is 11.3 Å². The van der Waals surface area contributed by atoms with E-state index in [1.807, 2.05) is 0 Å². The van der Waals surface area contributed by atoms with Crippen LogP contribution in [0.4, 0.5) is 10.1 Å². The summed E-state index contributed by atoms with van der Waals surface area (Å²) in [5, 5.41) is 18.2. The number of aromatic nitrogens is 6. The lowest BCUT2D eigenvalue weighted by Crippen LogP contribution is -2.13. The predicted molar refractivity (Wildman–Crippen MR) is 109 cm³/mol. The van der Waals surface area contributed by atoms with Gasteiger partial charge in [0.2, 0.25) is 0 Å². The Morgan fingerprint density at radius 2 is 1.94 bits per heavy atom.